The predicted molar refractivity (Wildman–Crippen MR) is 153 cm³/mol. The van der Waals surface area contributed by atoms with Gasteiger partial charge in [0.2, 0.25) is 11.8 Å². The van der Waals surface area contributed by atoms with E-state index in [1.165, 1.54) is 6.42 Å². The van der Waals surface area contributed by atoms with Crippen LogP contribution < -0.4 is 0 Å². The molecule has 0 aromatic rings. The van der Waals surface area contributed by atoms with Gasteiger partial charge in [-0.2, -0.15) is 0 Å². The SMILES string of the molecule is C=CCCCOC(=O)[C@@H]1[C@H]2C(=O)N(CCCCCCO)C(C(=O)N(CC=C)C3CCCCC3)C23CC[C@@]1(CC)O3. The summed E-state index contributed by atoms with van der Waals surface area (Å²) in [5.74, 6) is -2.01. The van der Waals surface area contributed by atoms with Crippen molar-refractivity contribution >= 4 is 17.8 Å². The van der Waals surface area contributed by atoms with Crippen molar-refractivity contribution in [1.82, 2.24) is 9.80 Å². The molecular formula is C32H50N2O6. The van der Waals surface area contributed by atoms with Gasteiger partial charge in [0.25, 0.3) is 0 Å². The lowest BCUT2D eigenvalue weighted by Gasteiger charge is -2.41. The number of nitrogens with zero attached hydrogens (tertiary/aromatic N) is 2. The number of likely N-dealkylation sites (tertiary alicyclic amines) is 1. The molecule has 2 unspecified atom stereocenters. The second kappa shape index (κ2) is 13.6. The predicted octanol–water partition coefficient (Wildman–Crippen LogP) is 4.55. The van der Waals surface area contributed by atoms with Gasteiger partial charge in [-0.15, -0.1) is 13.2 Å². The maximum absolute atomic E-state index is 14.6. The summed E-state index contributed by atoms with van der Waals surface area (Å²) < 4.78 is 12.6. The number of carbonyl (C=O) groups excluding carboxylic acids is 3. The number of aliphatic hydroxyl groups is 1. The molecule has 40 heavy (non-hydrogen) atoms. The number of rotatable bonds is 16. The average Bonchev–Trinajstić information content (AvgIpc) is 3.57. The van der Waals surface area contributed by atoms with Crippen molar-refractivity contribution in [3.8, 4) is 0 Å². The van der Waals surface area contributed by atoms with Crippen molar-refractivity contribution in [3.05, 3.63) is 25.3 Å². The van der Waals surface area contributed by atoms with Gasteiger partial charge in [-0.25, -0.2) is 0 Å². The molecule has 4 rings (SSSR count). The maximum atomic E-state index is 14.6. The Morgan fingerprint density at radius 2 is 1.85 bits per heavy atom. The number of unbranched alkanes of at least 4 members (excludes halogenated alkanes) is 4. The molecular weight excluding hydrogens is 508 g/mol. The number of esters is 1. The number of aliphatic hydroxyl groups excluding tert-OH is 1. The minimum atomic E-state index is -1.02. The molecule has 4 fully saturated rings. The van der Waals surface area contributed by atoms with Gasteiger partial charge in [0.1, 0.15) is 17.6 Å². The fourth-order valence-corrected chi connectivity index (χ4v) is 7.94. The van der Waals surface area contributed by atoms with Crippen molar-refractivity contribution < 1.29 is 29.0 Å². The van der Waals surface area contributed by atoms with Crippen molar-refractivity contribution in [2.24, 2.45) is 11.8 Å². The molecule has 0 aromatic carbocycles. The van der Waals surface area contributed by atoms with E-state index in [-0.39, 0.29) is 37.0 Å². The van der Waals surface area contributed by atoms with E-state index in [1.807, 2.05) is 11.8 Å². The van der Waals surface area contributed by atoms with Gasteiger partial charge < -0.3 is 24.4 Å². The van der Waals surface area contributed by atoms with E-state index in [0.29, 0.717) is 38.8 Å². The summed E-state index contributed by atoms with van der Waals surface area (Å²) in [4.78, 5) is 46.2. The number of ether oxygens (including phenoxy) is 2. The summed E-state index contributed by atoms with van der Waals surface area (Å²) in [6.07, 6.45) is 15.3. The summed E-state index contributed by atoms with van der Waals surface area (Å²) >= 11 is 0. The maximum Gasteiger partial charge on any atom is 0.312 e. The van der Waals surface area contributed by atoms with Crippen LogP contribution in [0.5, 0.6) is 0 Å². The van der Waals surface area contributed by atoms with Crippen LogP contribution in [0.3, 0.4) is 0 Å². The second-order valence-electron chi connectivity index (χ2n) is 12.2. The van der Waals surface area contributed by atoms with Crippen LogP contribution >= 0.6 is 0 Å². The Balaban J connectivity index is 1.67. The first kappa shape index (κ1) is 30.8. The van der Waals surface area contributed by atoms with Gasteiger partial charge in [0, 0.05) is 25.7 Å². The van der Waals surface area contributed by atoms with E-state index in [9.17, 15) is 19.5 Å². The van der Waals surface area contributed by atoms with Crippen LogP contribution in [0.2, 0.25) is 0 Å². The molecule has 2 amide bonds. The zero-order chi connectivity index (χ0) is 28.8. The van der Waals surface area contributed by atoms with Gasteiger partial charge in [0.05, 0.1) is 18.1 Å². The second-order valence-corrected chi connectivity index (χ2v) is 12.2. The molecule has 4 aliphatic rings. The Labute approximate surface area is 240 Å². The monoisotopic (exact) mass is 558 g/mol. The molecule has 3 heterocycles. The van der Waals surface area contributed by atoms with Crippen molar-refractivity contribution in [1.29, 1.82) is 0 Å². The lowest BCUT2D eigenvalue weighted by atomic mass is 9.65. The third-order valence-corrected chi connectivity index (χ3v) is 9.90. The van der Waals surface area contributed by atoms with Crippen LogP contribution in [-0.4, -0.2) is 82.3 Å². The highest BCUT2D eigenvalue weighted by Gasteiger charge is 2.79. The Kier molecular flexibility index (Phi) is 10.5. The van der Waals surface area contributed by atoms with Crippen LogP contribution in [0.4, 0.5) is 0 Å². The quantitative estimate of drug-likeness (QED) is 0.170. The molecule has 8 heteroatoms. The highest BCUT2D eigenvalue weighted by Crippen LogP contribution is 2.64. The number of carbonyl (C=O) groups is 3. The first-order valence-corrected chi connectivity index (χ1v) is 15.7. The third kappa shape index (κ3) is 5.63. The summed E-state index contributed by atoms with van der Waals surface area (Å²) in [5, 5.41) is 9.18. The number of fused-ring (bicyclic) bond motifs is 1. The first-order valence-electron chi connectivity index (χ1n) is 15.7. The highest BCUT2D eigenvalue weighted by atomic mass is 16.6. The van der Waals surface area contributed by atoms with Gasteiger partial charge in [-0.3, -0.25) is 14.4 Å². The van der Waals surface area contributed by atoms with Crippen LogP contribution in [0, 0.1) is 11.8 Å². The summed E-state index contributed by atoms with van der Waals surface area (Å²) in [5.41, 5.74) is -1.80. The Hall–Kier alpha value is -2.19. The van der Waals surface area contributed by atoms with Gasteiger partial charge >= 0.3 is 5.97 Å². The summed E-state index contributed by atoms with van der Waals surface area (Å²) in [6, 6.07) is -0.628. The summed E-state index contributed by atoms with van der Waals surface area (Å²) in [6.45, 7) is 11.0. The Morgan fingerprint density at radius 1 is 1.10 bits per heavy atom. The minimum absolute atomic E-state index is 0.0649. The molecule has 0 aromatic heterocycles. The zero-order valence-electron chi connectivity index (χ0n) is 24.5. The molecule has 3 saturated heterocycles. The molecule has 1 aliphatic carbocycles. The van der Waals surface area contributed by atoms with Crippen LogP contribution in [0.15, 0.2) is 25.3 Å². The number of amides is 2. The van der Waals surface area contributed by atoms with Crippen molar-refractivity contribution in [2.75, 3.05) is 26.3 Å². The van der Waals surface area contributed by atoms with E-state index in [2.05, 4.69) is 13.2 Å². The molecule has 1 spiro atoms. The molecule has 1 N–H and O–H groups in total. The van der Waals surface area contributed by atoms with E-state index in [4.69, 9.17) is 9.47 Å². The largest absolute Gasteiger partial charge is 0.465 e. The smallest absolute Gasteiger partial charge is 0.312 e. The Bertz CT molecular complexity index is 932. The fourth-order valence-electron chi connectivity index (χ4n) is 7.94. The third-order valence-electron chi connectivity index (χ3n) is 9.90. The first-order chi connectivity index (χ1) is 19.4. The average molecular weight is 559 g/mol. The Morgan fingerprint density at radius 3 is 2.52 bits per heavy atom. The van der Waals surface area contributed by atoms with E-state index in [1.54, 1.807) is 17.1 Å². The number of hydrogen-bond acceptors (Lipinski definition) is 6. The van der Waals surface area contributed by atoms with Gasteiger partial charge in [-0.05, 0) is 57.8 Å². The van der Waals surface area contributed by atoms with Crippen LogP contribution in [0.25, 0.3) is 0 Å². The van der Waals surface area contributed by atoms with Gasteiger partial charge in [-0.1, -0.05) is 51.2 Å². The topological polar surface area (TPSA) is 96.4 Å². The van der Waals surface area contributed by atoms with Crippen LogP contribution in [0.1, 0.15) is 96.8 Å². The normalized spacial score (nSPS) is 31.3. The number of allylic oxidation sites excluding steroid dienone is 1. The number of hydrogen-bond donors (Lipinski definition) is 1. The highest BCUT2D eigenvalue weighted by molar-refractivity contribution is 5.98. The van der Waals surface area contributed by atoms with Crippen LogP contribution in [-0.2, 0) is 23.9 Å². The summed E-state index contributed by atoms with van der Waals surface area (Å²) in [7, 11) is 0. The zero-order valence-corrected chi connectivity index (χ0v) is 24.5. The van der Waals surface area contributed by atoms with Crippen molar-refractivity contribution in [3.63, 3.8) is 0 Å². The molecule has 2 bridgehead atoms. The molecule has 5 atom stereocenters. The molecule has 1 saturated carbocycles. The molecule has 8 nitrogen and oxygen atoms in total. The fraction of sp³-hybridized carbons (Fsp3) is 0.781. The minimum Gasteiger partial charge on any atom is -0.465 e. The van der Waals surface area contributed by atoms with E-state index < -0.39 is 29.1 Å². The lowest BCUT2D eigenvalue weighted by molar-refractivity contribution is -0.162. The van der Waals surface area contributed by atoms with E-state index >= 15 is 0 Å². The molecule has 224 valence electrons. The van der Waals surface area contributed by atoms with E-state index in [0.717, 1.165) is 57.8 Å². The molecule has 3 aliphatic heterocycles. The molecule has 0 radical (unpaired) electrons. The van der Waals surface area contributed by atoms with Gasteiger partial charge in [0.15, 0.2) is 0 Å². The lowest BCUT2D eigenvalue weighted by Crippen LogP contribution is -2.58. The van der Waals surface area contributed by atoms with Crippen molar-refractivity contribution in [2.45, 2.75) is 120 Å². The standard InChI is InChI=1S/C32H50N2O6/c1-4-7-15-23-39-30(38)26-25-28(36)34(21-13-8-9-14-22-35)27(32(25)19-18-31(26,6-3)40-32)29(37)33(20-5-2)24-16-11-10-12-17-24/h4-5,24-27,35H,1-2,6-23H2,3H3/t25-,26-,27?,31+,32?/m0/s1.